The lowest BCUT2D eigenvalue weighted by Crippen LogP contribution is -2.39. The highest BCUT2D eigenvalue weighted by atomic mass is 19.4. The first-order valence-corrected chi connectivity index (χ1v) is 5.41. The molecular formula is C12H16F3NO2. The third-order valence-corrected chi connectivity index (χ3v) is 2.49. The van der Waals surface area contributed by atoms with Crippen LogP contribution in [-0.2, 0) is 5.60 Å². The summed E-state index contributed by atoms with van der Waals surface area (Å²) in [5.41, 5.74) is 2.59. The number of anilines is 1. The molecule has 3 N–H and O–H groups in total. The van der Waals surface area contributed by atoms with Gasteiger partial charge in [-0.05, 0) is 38.5 Å². The fraction of sp³-hybridized carbons (Fsp3) is 0.500. The number of ether oxygens (including phenoxy) is 1. The number of alkyl halides is 3. The molecule has 0 aromatic heterocycles. The van der Waals surface area contributed by atoms with Crippen molar-refractivity contribution >= 4 is 5.69 Å². The van der Waals surface area contributed by atoms with Crippen LogP contribution in [0.1, 0.15) is 26.3 Å². The maximum absolute atomic E-state index is 12.7. The molecule has 0 radical (unpaired) electrons. The molecule has 0 fully saturated rings. The first kappa shape index (κ1) is 14.6. The molecule has 1 aromatic carbocycles. The summed E-state index contributed by atoms with van der Waals surface area (Å²) >= 11 is 0. The smallest absolute Gasteiger partial charge is 0.421 e. The highest BCUT2D eigenvalue weighted by molar-refractivity contribution is 5.55. The summed E-state index contributed by atoms with van der Waals surface area (Å²) in [7, 11) is 0. The van der Waals surface area contributed by atoms with E-state index >= 15 is 0 Å². The van der Waals surface area contributed by atoms with Crippen molar-refractivity contribution in [2.75, 3.05) is 5.73 Å². The number of rotatable bonds is 3. The molecule has 0 amide bonds. The molecule has 1 aromatic rings. The van der Waals surface area contributed by atoms with Crippen LogP contribution in [0.25, 0.3) is 0 Å². The summed E-state index contributed by atoms with van der Waals surface area (Å²) in [5, 5.41) is 9.55. The van der Waals surface area contributed by atoms with E-state index in [1.807, 2.05) is 0 Å². The Balaban J connectivity index is 3.20. The van der Waals surface area contributed by atoms with Crippen LogP contribution in [0.5, 0.6) is 5.75 Å². The van der Waals surface area contributed by atoms with Gasteiger partial charge in [0.25, 0.3) is 0 Å². The van der Waals surface area contributed by atoms with Gasteiger partial charge < -0.3 is 15.6 Å². The molecular weight excluding hydrogens is 247 g/mol. The quantitative estimate of drug-likeness (QED) is 0.824. The average molecular weight is 263 g/mol. The Kier molecular flexibility index (Phi) is 3.81. The van der Waals surface area contributed by atoms with Crippen molar-refractivity contribution < 1.29 is 23.0 Å². The second-order valence-corrected chi connectivity index (χ2v) is 4.49. The van der Waals surface area contributed by atoms with Gasteiger partial charge in [0.15, 0.2) is 5.60 Å². The van der Waals surface area contributed by atoms with Crippen LogP contribution in [0.2, 0.25) is 0 Å². The van der Waals surface area contributed by atoms with Gasteiger partial charge in [-0.3, -0.25) is 0 Å². The van der Waals surface area contributed by atoms with E-state index < -0.39 is 11.8 Å². The molecule has 0 bridgehead atoms. The standard InChI is InChI=1S/C12H16F3NO2/c1-7(2)18-10-6-8(4-5-9(10)16)11(3,17)12(13,14)15/h4-7,17H,16H2,1-3H3. The monoisotopic (exact) mass is 263 g/mol. The van der Waals surface area contributed by atoms with E-state index in [0.717, 1.165) is 12.1 Å². The molecule has 0 saturated carbocycles. The third kappa shape index (κ3) is 2.87. The lowest BCUT2D eigenvalue weighted by Gasteiger charge is -2.27. The molecule has 0 aliphatic rings. The SMILES string of the molecule is CC(C)Oc1cc(C(C)(O)C(F)(F)F)ccc1N. The fourth-order valence-electron chi connectivity index (χ4n) is 1.36. The van der Waals surface area contributed by atoms with Gasteiger partial charge in [-0.1, -0.05) is 6.07 Å². The fourth-order valence-corrected chi connectivity index (χ4v) is 1.36. The predicted octanol–water partition coefficient (Wildman–Crippen LogP) is 2.83. The largest absolute Gasteiger partial charge is 0.489 e. The topological polar surface area (TPSA) is 55.5 Å². The van der Waals surface area contributed by atoms with Crippen molar-refractivity contribution in [2.45, 2.75) is 38.7 Å². The molecule has 0 aliphatic carbocycles. The molecule has 0 heterocycles. The molecule has 0 saturated heterocycles. The van der Waals surface area contributed by atoms with E-state index in [4.69, 9.17) is 10.5 Å². The first-order valence-electron chi connectivity index (χ1n) is 5.41. The van der Waals surface area contributed by atoms with Crippen molar-refractivity contribution in [1.29, 1.82) is 0 Å². The molecule has 6 heteroatoms. The normalized spacial score (nSPS) is 15.6. The van der Waals surface area contributed by atoms with Gasteiger partial charge in [-0.25, -0.2) is 0 Å². The van der Waals surface area contributed by atoms with Crippen LogP contribution in [0.3, 0.4) is 0 Å². The van der Waals surface area contributed by atoms with E-state index in [2.05, 4.69) is 0 Å². The van der Waals surface area contributed by atoms with Crippen LogP contribution < -0.4 is 10.5 Å². The number of hydrogen-bond acceptors (Lipinski definition) is 3. The maximum Gasteiger partial charge on any atom is 0.421 e. The summed E-state index contributed by atoms with van der Waals surface area (Å²) in [6.07, 6.45) is -4.99. The van der Waals surface area contributed by atoms with Crippen LogP contribution in [0.4, 0.5) is 18.9 Å². The third-order valence-electron chi connectivity index (χ3n) is 2.49. The molecule has 0 aliphatic heterocycles. The van der Waals surface area contributed by atoms with Gasteiger partial charge in [-0.2, -0.15) is 13.2 Å². The molecule has 1 rings (SSSR count). The number of nitrogens with two attached hydrogens (primary N) is 1. The molecule has 1 unspecified atom stereocenters. The molecule has 3 nitrogen and oxygen atoms in total. The Bertz CT molecular complexity index is 428. The maximum atomic E-state index is 12.7. The van der Waals surface area contributed by atoms with E-state index in [9.17, 15) is 18.3 Å². The van der Waals surface area contributed by atoms with Gasteiger partial charge in [0, 0.05) is 0 Å². The lowest BCUT2D eigenvalue weighted by atomic mass is 9.95. The van der Waals surface area contributed by atoms with E-state index in [-0.39, 0.29) is 23.1 Å². The Labute approximate surface area is 103 Å². The minimum absolute atomic E-state index is 0.132. The zero-order valence-corrected chi connectivity index (χ0v) is 10.4. The van der Waals surface area contributed by atoms with Crippen molar-refractivity contribution in [2.24, 2.45) is 0 Å². The Morgan fingerprint density at radius 1 is 1.28 bits per heavy atom. The molecule has 18 heavy (non-hydrogen) atoms. The Morgan fingerprint density at radius 2 is 1.83 bits per heavy atom. The second-order valence-electron chi connectivity index (χ2n) is 4.49. The molecule has 0 spiro atoms. The summed E-state index contributed by atoms with van der Waals surface area (Å²) in [6, 6.07) is 3.53. The van der Waals surface area contributed by atoms with Crippen molar-refractivity contribution in [3.05, 3.63) is 23.8 Å². The molecule has 1 atom stereocenters. The predicted molar refractivity (Wildman–Crippen MR) is 62.2 cm³/mol. The Morgan fingerprint density at radius 3 is 2.28 bits per heavy atom. The summed E-state index contributed by atoms with van der Waals surface area (Å²) in [6.45, 7) is 4.15. The van der Waals surface area contributed by atoms with Gasteiger partial charge >= 0.3 is 6.18 Å². The highest BCUT2D eigenvalue weighted by Gasteiger charge is 2.51. The minimum atomic E-state index is -4.77. The van der Waals surface area contributed by atoms with Crippen LogP contribution in [0.15, 0.2) is 18.2 Å². The van der Waals surface area contributed by atoms with Crippen LogP contribution >= 0.6 is 0 Å². The van der Waals surface area contributed by atoms with E-state index in [0.29, 0.717) is 6.92 Å². The van der Waals surface area contributed by atoms with E-state index in [1.165, 1.54) is 6.07 Å². The second kappa shape index (κ2) is 4.68. The summed E-state index contributed by atoms with van der Waals surface area (Å²) in [4.78, 5) is 0. The van der Waals surface area contributed by atoms with Gasteiger partial charge in [-0.15, -0.1) is 0 Å². The van der Waals surface area contributed by atoms with Crippen LogP contribution in [-0.4, -0.2) is 17.4 Å². The number of benzene rings is 1. The zero-order chi connectivity index (χ0) is 14.1. The average Bonchev–Trinajstić information content (AvgIpc) is 2.18. The first-order chi connectivity index (χ1) is 8.05. The van der Waals surface area contributed by atoms with Crippen molar-refractivity contribution in [3.8, 4) is 5.75 Å². The van der Waals surface area contributed by atoms with Gasteiger partial charge in [0.2, 0.25) is 0 Å². The highest BCUT2D eigenvalue weighted by Crippen LogP contribution is 2.40. The number of hydrogen-bond donors (Lipinski definition) is 2. The minimum Gasteiger partial charge on any atom is -0.489 e. The molecule has 102 valence electrons. The van der Waals surface area contributed by atoms with Crippen LogP contribution in [0, 0.1) is 0 Å². The zero-order valence-electron chi connectivity index (χ0n) is 10.4. The lowest BCUT2D eigenvalue weighted by molar-refractivity contribution is -0.258. The number of nitrogen functional groups attached to an aromatic ring is 1. The van der Waals surface area contributed by atoms with Gasteiger partial charge in [0.1, 0.15) is 5.75 Å². The van der Waals surface area contributed by atoms with Gasteiger partial charge in [0.05, 0.1) is 11.8 Å². The van der Waals surface area contributed by atoms with Crippen molar-refractivity contribution in [3.63, 3.8) is 0 Å². The number of halogens is 3. The summed E-state index contributed by atoms with van der Waals surface area (Å²) in [5.74, 6) is 0.132. The van der Waals surface area contributed by atoms with Crippen molar-refractivity contribution in [1.82, 2.24) is 0 Å². The number of aliphatic hydroxyl groups is 1. The van der Waals surface area contributed by atoms with E-state index in [1.54, 1.807) is 13.8 Å². The Hall–Kier alpha value is -1.43. The summed E-state index contributed by atoms with van der Waals surface area (Å²) < 4.78 is 43.4.